The van der Waals surface area contributed by atoms with E-state index in [9.17, 15) is 0 Å². The Kier molecular flexibility index (Phi) is 0.765. The Morgan fingerprint density at radius 2 is 2.11 bits per heavy atom. The number of ether oxygens (including phenoxy) is 1. The van der Waals surface area contributed by atoms with Crippen LogP contribution in [0.25, 0.3) is 0 Å². The van der Waals surface area contributed by atoms with Crippen molar-refractivity contribution < 1.29 is 4.74 Å². The SMILES string of the molecule is COC(=N)C12CC(C1)C2. The fourth-order valence-corrected chi connectivity index (χ4v) is 1.97. The van der Waals surface area contributed by atoms with E-state index < -0.39 is 0 Å². The summed E-state index contributed by atoms with van der Waals surface area (Å²) in [5.74, 6) is 1.46. The maximum atomic E-state index is 7.41. The van der Waals surface area contributed by atoms with Crippen LogP contribution in [0.4, 0.5) is 0 Å². The van der Waals surface area contributed by atoms with Crippen molar-refractivity contribution in [2.45, 2.75) is 19.3 Å². The summed E-state index contributed by atoms with van der Waals surface area (Å²) in [6.07, 6.45) is 3.67. The molecule has 2 bridgehead atoms. The molecule has 0 radical (unpaired) electrons. The smallest absolute Gasteiger partial charge is 0.186 e. The fourth-order valence-electron chi connectivity index (χ4n) is 1.97. The molecule has 2 nitrogen and oxygen atoms in total. The Bertz CT molecular complexity index is 147. The molecule has 2 heteroatoms. The lowest BCUT2D eigenvalue weighted by atomic mass is 9.44. The number of methoxy groups -OCH3 is 1. The van der Waals surface area contributed by atoms with Gasteiger partial charge in [-0.05, 0) is 25.2 Å². The van der Waals surface area contributed by atoms with Gasteiger partial charge in [-0.2, -0.15) is 0 Å². The quantitative estimate of drug-likeness (QED) is 0.417. The van der Waals surface area contributed by atoms with Crippen molar-refractivity contribution in [3.63, 3.8) is 0 Å². The monoisotopic (exact) mass is 125 g/mol. The van der Waals surface area contributed by atoms with Crippen LogP contribution < -0.4 is 0 Å². The van der Waals surface area contributed by atoms with Gasteiger partial charge >= 0.3 is 0 Å². The van der Waals surface area contributed by atoms with Crippen LogP contribution in [0.15, 0.2) is 0 Å². The second-order valence-corrected chi connectivity index (χ2v) is 3.29. The molecule has 50 valence electrons. The van der Waals surface area contributed by atoms with Crippen molar-refractivity contribution in [2.75, 3.05) is 7.11 Å². The highest BCUT2D eigenvalue weighted by atomic mass is 16.5. The number of hydrogen-bond donors (Lipinski definition) is 1. The first kappa shape index (κ1) is 5.27. The lowest BCUT2D eigenvalue weighted by Crippen LogP contribution is -2.56. The van der Waals surface area contributed by atoms with Crippen molar-refractivity contribution in [1.82, 2.24) is 0 Å². The van der Waals surface area contributed by atoms with Gasteiger partial charge in [-0.25, -0.2) is 0 Å². The largest absolute Gasteiger partial charge is 0.484 e. The zero-order valence-corrected chi connectivity index (χ0v) is 5.61. The van der Waals surface area contributed by atoms with Gasteiger partial charge in [0.05, 0.1) is 7.11 Å². The summed E-state index contributed by atoms with van der Waals surface area (Å²) >= 11 is 0. The van der Waals surface area contributed by atoms with E-state index in [1.165, 1.54) is 19.3 Å². The van der Waals surface area contributed by atoms with Crippen LogP contribution in [0.5, 0.6) is 0 Å². The van der Waals surface area contributed by atoms with Crippen LogP contribution in [0.1, 0.15) is 19.3 Å². The topological polar surface area (TPSA) is 33.1 Å². The molecular weight excluding hydrogens is 114 g/mol. The summed E-state index contributed by atoms with van der Waals surface area (Å²) in [5.41, 5.74) is 0.236. The van der Waals surface area contributed by atoms with E-state index in [2.05, 4.69) is 0 Å². The van der Waals surface area contributed by atoms with E-state index in [0.29, 0.717) is 5.90 Å². The third-order valence-corrected chi connectivity index (χ3v) is 2.72. The van der Waals surface area contributed by atoms with Gasteiger partial charge in [-0.1, -0.05) is 0 Å². The van der Waals surface area contributed by atoms with Gasteiger partial charge in [-0.3, -0.25) is 5.41 Å². The Balaban J connectivity index is 2.05. The minimum atomic E-state index is 0.236. The third kappa shape index (κ3) is 0.443. The van der Waals surface area contributed by atoms with Crippen LogP contribution in [-0.2, 0) is 4.74 Å². The van der Waals surface area contributed by atoms with Crippen LogP contribution in [0, 0.1) is 16.7 Å². The van der Waals surface area contributed by atoms with E-state index in [4.69, 9.17) is 10.1 Å². The van der Waals surface area contributed by atoms with Gasteiger partial charge in [0, 0.05) is 5.41 Å². The van der Waals surface area contributed by atoms with E-state index in [1.807, 2.05) is 0 Å². The first-order valence-corrected chi connectivity index (χ1v) is 3.40. The molecule has 0 aromatic heterocycles. The molecule has 0 atom stereocenters. The van der Waals surface area contributed by atoms with Crippen LogP contribution >= 0.6 is 0 Å². The first-order valence-electron chi connectivity index (χ1n) is 3.40. The molecule has 3 saturated carbocycles. The van der Waals surface area contributed by atoms with Crippen molar-refractivity contribution in [1.29, 1.82) is 5.41 Å². The standard InChI is InChI=1S/C7H11NO/c1-9-6(8)7-2-5(3-7)4-7/h5,8H,2-4H2,1H3. The number of hydrogen-bond acceptors (Lipinski definition) is 2. The molecule has 0 saturated heterocycles. The molecule has 0 spiro atoms. The van der Waals surface area contributed by atoms with Gasteiger partial charge in [0.2, 0.25) is 0 Å². The van der Waals surface area contributed by atoms with Crippen LogP contribution in [0.3, 0.4) is 0 Å². The first-order chi connectivity index (χ1) is 4.27. The van der Waals surface area contributed by atoms with Gasteiger partial charge < -0.3 is 4.74 Å². The molecular formula is C7H11NO. The maximum Gasteiger partial charge on any atom is 0.186 e. The molecule has 9 heavy (non-hydrogen) atoms. The predicted molar refractivity (Wildman–Crippen MR) is 34.5 cm³/mol. The number of nitrogens with one attached hydrogen (secondary N) is 1. The van der Waals surface area contributed by atoms with Gasteiger partial charge in [0.25, 0.3) is 0 Å². The van der Waals surface area contributed by atoms with Gasteiger partial charge in [0.15, 0.2) is 5.90 Å². The van der Waals surface area contributed by atoms with Gasteiger partial charge in [0.1, 0.15) is 0 Å². The van der Waals surface area contributed by atoms with Gasteiger partial charge in [-0.15, -0.1) is 0 Å². The Morgan fingerprint density at radius 3 is 2.22 bits per heavy atom. The molecule has 3 aliphatic carbocycles. The van der Waals surface area contributed by atoms with E-state index in [1.54, 1.807) is 7.11 Å². The molecule has 3 aliphatic rings. The average molecular weight is 125 g/mol. The number of rotatable bonds is 1. The Hall–Kier alpha value is -0.530. The molecule has 0 aromatic rings. The summed E-state index contributed by atoms with van der Waals surface area (Å²) < 4.78 is 4.88. The van der Waals surface area contributed by atoms with Crippen molar-refractivity contribution >= 4 is 5.90 Å². The molecule has 0 aromatic carbocycles. The van der Waals surface area contributed by atoms with Crippen LogP contribution in [0.2, 0.25) is 0 Å². The third-order valence-electron chi connectivity index (χ3n) is 2.72. The zero-order chi connectivity index (χ0) is 6.48. The summed E-state index contributed by atoms with van der Waals surface area (Å²) in [5, 5.41) is 7.41. The Morgan fingerprint density at radius 1 is 1.56 bits per heavy atom. The highest BCUT2D eigenvalue weighted by Gasteiger charge is 2.60. The zero-order valence-electron chi connectivity index (χ0n) is 5.61. The van der Waals surface area contributed by atoms with E-state index in [0.717, 1.165) is 5.92 Å². The summed E-state index contributed by atoms with van der Waals surface area (Å²) in [4.78, 5) is 0. The second kappa shape index (κ2) is 1.31. The van der Waals surface area contributed by atoms with Crippen molar-refractivity contribution in [3.05, 3.63) is 0 Å². The van der Waals surface area contributed by atoms with Crippen molar-refractivity contribution in [2.24, 2.45) is 11.3 Å². The summed E-state index contributed by atoms with van der Waals surface area (Å²) in [7, 11) is 1.60. The predicted octanol–water partition coefficient (Wildman–Crippen LogP) is 1.41. The minimum Gasteiger partial charge on any atom is -0.484 e. The molecule has 0 amide bonds. The minimum absolute atomic E-state index is 0.236. The Labute approximate surface area is 54.7 Å². The highest BCUT2D eigenvalue weighted by Crippen LogP contribution is 2.64. The summed E-state index contributed by atoms with van der Waals surface area (Å²) in [6.45, 7) is 0. The second-order valence-electron chi connectivity index (χ2n) is 3.29. The lowest BCUT2D eigenvalue weighted by Gasteiger charge is -2.60. The van der Waals surface area contributed by atoms with E-state index in [-0.39, 0.29) is 5.41 Å². The lowest BCUT2D eigenvalue weighted by molar-refractivity contribution is -0.0577. The molecule has 3 fully saturated rings. The van der Waals surface area contributed by atoms with Crippen molar-refractivity contribution in [3.8, 4) is 0 Å². The molecule has 0 aliphatic heterocycles. The average Bonchev–Trinajstić information content (AvgIpc) is 1.57. The highest BCUT2D eigenvalue weighted by molar-refractivity contribution is 5.82. The molecule has 1 N–H and O–H groups in total. The molecule has 3 rings (SSSR count). The van der Waals surface area contributed by atoms with E-state index >= 15 is 0 Å². The summed E-state index contributed by atoms with van der Waals surface area (Å²) in [6, 6.07) is 0. The normalized spacial score (nSPS) is 44.8. The fraction of sp³-hybridized carbons (Fsp3) is 0.857. The maximum absolute atomic E-state index is 7.41. The van der Waals surface area contributed by atoms with Crippen LogP contribution in [-0.4, -0.2) is 13.0 Å². The molecule has 0 unspecified atom stereocenters. The molecule has 0 heterocycles.